The first kappa shape index (κ1) is 16.7. The number of rotatable bonds is 6. The average molecular weight is 324 g/mol. The minimum Gasteiger partial charge on any atom is -0.465 e. The Kier molecular flexibility index (Phi) is 5.92. The molecule has 0 saturated carbocycles. The Morgan fingerprint density at radius 3 is 2.78 bits per heavy atom. The average Bonchev–Trinajstić information content (AvgIpc) is 2.56. The molecule has 0 aliphatic carbocycles. The molecule has 1 aromatic heterocycles. The molecular weight excluding hydrogens is 304 g/mol. The first-order valence-electron chi connectivity index (χ1n) is 7.23. The normalized spacial score (nSPS) is 15.2. The summed E-state index contributed by atoms with van der Waals surface area (Å²) < 4.78 is 0. The molecule has 10 nitrogen and oxygen atoms in total. The lowest BCUT2D eigenvalue weighted by atomic mass is 10.2. The van der Waals surface area contributed by atoms with Gasteiger partial charge in [0.15, 0.2) is 0 Å². The molecule has 0 spiro atoms. The summed E-state index contributed by atoms with van der Waals surface area (Å²) >= 11 is 0. The van der Waals surface area contributed by atoms with Gasteiger partial charge in [-0.1, -0.05) is 5.16 Å². The van der Waals surface area contributed by atoms with E-state index >= 15 is 0 Å². The van der Waals surface area contributed by atoms with Crippen molar-refractivity contribution < 1.29 is 19.8 Å². The predicted octanol–water partition coefficient (Wildman–Crippen LogP) is -0.408. The lowest BCUT2D eigenvalue weighted by Crippen LogP contribution is -2.48. The first-order valence-corrected chi connectivity index (χ1v) is 7.23. The van der Waals surface area contributed by atoms with Gasteiger partial charge in [-0.15, -0.1) is 0 Å². The molecule has 1 fully saturated rings. The summed E-state index contributed by atoms with van der Waals surface area (Å²) in [4.78, 5) is 27.4. The molecule has 1 amide bonds. The number of hydrogen-bond donors (Lipinski definition) is 3. The maximum atomic E-state index is 11.0. The highest BCUT2D eigenvalue weighted by Crippen LogP contribution is 2.21. The summed E-state index contributed by atoms with van der Waals surface area (Å²) in [5, 5.41) is 21.5. The van der Waals surface area contributed by atoms with Crippen molar-refractivity contribution in [3.8, 4) is 0 Å². The van der Waals surface area contributed by atoms with E-state index in [1.165, 1.54) is 17.4 Å². The monoisotopic (exact) mass is 324 g/mol. The van der Waals surface area contributed by atoms with Crippen LogP contribution in [0, 0.1) is 0 Å². The number of nitrogens with zero attached hydrogens (tertiary/aromatic N) is 5. The van der Waals surface area contributed by atoms with E-state index in [-0.39, 0.29) is 12.4 Å². The van der Waals surface area contributed by atoms with Crippen LogP contribution in [0.1, 0.15) is 12.0 Å². The van der Waals surface area contributed by atoms with E-state index in [1.807, 2.05) is 4.90 Å². The molecule has 0 aromatic carbocycles. The molecular formula is C13H20N6O4. The van der Waals surface area contributed by atoms with E-state index in [2.05, 4.69) is 15.1 Å². The molecule has 126 valence electrons. The molecule has 0 unspecified atom stereocenters. The number of aromatic nitrogens is 2. The fourth-order valence-corrected chi connectivity index (χ4v) is 2.16. The molecule has 1 aliphatic heterocycles. The van der Waals surface area contributed by atoms with Crippen molar-refractivity contribution in [1.82, 2.24) is 14.9 Å². The summed E-state index contributed by atoms with van der Waals surface area (Å²) in [6.07, 6.45) is 2.36. The molecule has 1 saturated heterocycles. The van der Waals surface area contributed by atoms with Gasteiger partial charge < -0.3 is 30.6 Å². The number of nitrogens with two attached hydrogens (primary N) is 1. The summed E-state index contributed by atoms with van der Waals surface area (Å²) in [6, 6.07) is 0. The van der Waals surface area contributed by atoms with Gasteiger partial charge in [-0.25, -0.2) is 14.8 Å². The fourth-order valence-electron chi connectivity index (χ4n) is 2.16. The molecule has 1 aromatic rings. The Morgan fingerprint density at radius 1 is 1.39 bits per heavy atom. The maximum absolute atomic E-state index is 11.0. The van der Waals surface area contributed by atoms with Crippen LogP contribution in [0.15, 0.2) is 11.5 Å². The zero-order valence-electron chi connectivity index (χ0n) is 12.6. The molecule has 0 atom stereocenters. The number of anilines is 2. The molecule has 1 aliphatic rings. The Bertz CT molecular complexity index is 559. The van der Waals surface area contributed by atoms with Crippen LogP contribution in [0.25, 0.3) is 0 Å². The number of carboxylic acid groups (broad SMARTS) is 1. The summed E-state index contributed by atoms with van der Waals surface area (Å²) in [7, 11) is 0. The highest BCUT2D eigenvalue weighted by Gasteiger charge is 2.23. The number of amides is 1. The zero-order chi connectivity index (χ0) is 16.7. The van der Waals surface area contributed by atoms with Crippen LogP contribution < -0.4 is 10.6 Å². The number of aliphatic hydroxyl groups excluding tert-OH is 1. The smallest absolute Gasteiger partial charge is 0.407 e. The van der Waals surface area contributed by atoms with Crippen LogP contribution in [0.2, 0.25) is 0 Å². The largest absolute Gasteiger partial charge is 0.465 e. The lowest BCUT2D eigenvalue weighted by Gasteiger charge is -2.34. The molecule has 2 rings (SSSR count). The topological polar surface area (TPSA) is 137 Å². The van der Waals surface area contributed by atoms with Crippen molar-refractivity contribution in [2.45, 2.75) is 6.42 Å². The van der Waals surface area contributed by atoms with E-state index in [4.69, 9.17) is 20.8 Å². The van der Waals surface area contributed by atoms with Gasteiger partial charge in [-0.3, -0.25) is 0 Å². The van der Waals surface area contributed by atoms with Crippen molar-refractivity contribution >= 4 is 23.9 Å². The van der Waals surface area contributed by atoms with E-state index in [0.717, 1.165) is 0 Å². The van der Waals surface area contributed by atoms with Gasteiger partial charge in [0.2, 0.25) is 0 Å². The van der Waals surface area contributed by atoms with Crippen molar-refractivity contribution in [2.24, 2.45) is 5.16 Å². The highest BCUT2D eigenvalue weighted by atomic mass is 16.6. The molecule has 2 heterocycles. The highest BCUT2D eigenvalue weighted by molar-refractivity contribution is 5.91. The van der Waals surface area contributed by atoms with Crippen molar-refractivity contribution in [3.63, 3.8) is 0 Å². The standard InChI is InChI=1S/C13H20N6O4/c14-11-10(8-17-23-7-1-6-20)12(16-9-15-11)18-2-4-19(5-3-18)13(21)22/h8-9,20H,1-7H2,(H,21,22)(H2,14,15,16)/b17-8+. The second-order valence-electron chi connectivity index (χ2n) is 4.90. The number of piperazine rings is 1. The molecule has 0 radical (unpaired) electrons. The number of carbonyl (C=O) groups is 1. The number of nitrogen functional groups attached to an aromatic ring is 1. The molecule has 10 heteroatoms. The molecule has 23 heavy (non-hydrogen) atoms. The van der Waals surface area contributed by atoms with Crippen LogP contribution in [0.3, 0.4) is 0 Å². The summed E-state index contributed by atoms with van der Waals surface area (Å²) in [5.41, 5.74) is 6.40. The lowest BCUT2D eigenvalue weighted by molar-refractivity contribution is 0.125. The van der Waals surface area contributed by atoms with Crippen LogP contribution in [-0.2, 0) is 4.84 Å². The Morgan fingerprint density at radius 2 is 2.13 bits per heavy atom. The van der Waals surface area contributed by atoms with Gasteiger partial charge in [-0.2, -0.15) is 0 Å². The molecule has 0 bridgehead atoms. The summed E-state index contributed by atoms with van der Waals surface area (Å²) in [6.45, 7) is 2.13. The quantitative estimate of drug-likeness (QED) is 0.365. The van der Waals surface area contributed by atoms with E-state index in [0.29, 0.717) is 50.6 Å². The Hall–Kier alpha value is -2.62. The van der Waals surface area contributed by atoms with Gasteiger partial charge in [0.25, 0.3) is 0 Å². The second-order valence-corrected chi connectivity index (χ2v) is 4.90. The van der Waals surface area contributed by atoms with Gasteiger partial charge in [0.1, 0.15) is 24.6 Å². The van der Waals surface area contributed by atoms with Crippen LogP contribution in [0.4, 0.5) is 16.4 Å². The van der Waals surface area contributed by atoms with Crippen LogP contribution >= 0.6 is 0 Å². The third kappa shape index (κ3) is 4.42. The van der Waals surface area contributed by atoms with Crippen molar-refractivity contribution in [2.75, 3.05) is 50.0 Å². The van der Waals surface area contributed by atoms with Crippen LogP contribution in [0.5, 0.6) is 0 Å². The fraction of sp³-hybridized carbons (Fsp3) is 0.538. The van der Waals surface area contributed by atoms with E-state index in [9.17, 15) is 4.79 Å². The number of aliphatic hydroxyl groups is 1. The zero-order valence-corrected chi connectivity index (χ0v) is 12.6. The van der Waals surface area contributed by atoms with Crippen molar-refractivity contribution in [3.05, 3.63) is 11.9 Å². The number of oxime groups is 1. The first-order chi connectivity index (χ1) is 11.1. The Balaban J connectivity index is 2.07. The van der Waals surface area contributed by atoms with E-state index in [1.54, 1.807) is 0 Å². The van der Waals surface area contributed by atoms with Crippen LogP contribution in [-0.4, -0.2) is 76.8 Å². The second kappa shape index (κ2) is 8.13. The van der Waals surface area contributed by atoms with Gasteiger partial charge >= 0.3 is 6.09 Å². The SMILES string of the molecule is Nc1ncnc(N2CCN(C(=O)O)CC2)c1/C=N/OCCCO. The van der Waals surface area contributed by atoms with Crippen molar-refractivity contribution in [1.29, 1.82) is 0 Å². The third-order valence-corrected chi connectivity index (χ3v) is 3.39. The number of hydrogen-bond acceptors (Lipinski definition) is 8. The minimum absolute atomic E-state index is 0.0329. The van der Waals surface area contributed by atoms with Gasteiger partial charge in [0.05, 0.1) is 11.8 Å². The maximum Gasteiger partial charge on any atom is 0.407 e. The minimum atomic E-state index is -0.925. The third-order valence-electron chi connectivity index (χ3n) is 3.39. The van der Waals surface area contributed by atoms with Gasteiger partial charge in [-0.05, 0) is 0 Å². The predicted molar refractivity (Wildman–Crippen MR) is 83.5 cm³/mol. The summed E-state index contributed by atoms with van der Waals surface area (Å²) in [5.74, 6) is 0.863. The molecule has 4 N–H and O–H groups in total. The van der Waals surface area contributed by atoms with Gasteiger partial charge in [0, 0.05) is 39.2 Å². The Labute approximate surface area is 133 Å². The van der Waals surface area contributed by atoms with E-state index < -0.39 is 6.09 Å².